The van der Waals surface area contributed by atoms with Gasteiger partial charge in [-0.05, 0) is 18.6 Å². The van der Waals surface area contributed by atoms with Crippen molar-refractivity contribution in [2.75, 3.05) is 0 Å². The molecule has 0 amide bonds. The van der Waals surface area contributed by atoms with Crippen LogP contribution in [0.5, 0.6) is 5.75 Å². The van der Waals surface area contributed by atoms with E-state index in [0.29, 0.717) is 0 Å². The predicted molar refractivity (Wildman–Crippen MR) is 68.5 cm³/mol. The fraction of sp³-hybridized carbons (Fsp3) is 0.133. The highest BCUT2D eigenvalue weighted by molar-refractivity contribution is 5.62. The quantitative estimate of drug-likeness (QED) is 0.726. The molecule has 0 aliphatic carbocycles. The first-order valence-electron chi connectivity index (χ1n) is 5.66. The van der Waals surface area contributed by atoms with Crippen LogP contribution in [0.4, 0.5) is 0 Å². The lowest BCUT2D eigenvalue weighted by atomic mass is 9.84. The summed E-state index contributed by atoms with van der Waals surface area (Å²) in [6, 6.07) is 18.3. The standard InChI is InChI=1S/C15H13NO/c1-15(12-7-3-2-4-8-12)13-9-5-6-10-14(13)17-11-16-15/h2-11H,1H3. The first kappa shape index (κ1) is 10.1. The lowest BCUT2D eigenvalue weighted by molar-refractivity contribution is 0.476. The van der Waals surface area contributed by atoms with Crippen LogP contribution in [0.15, 0.2) is 59.6 Å². The zero-order valence-corrected chi connectivity index (χ0v) is 9.63. The maximum absolute atomic E-state index is 5.45. The second-order valence-electron chi connectivity index (χ2n) is 4.29. The fourth-order valence-electron chi connectivity index (χ4n) is 2.22. The molecule has 1 aliphatic rings. The molecule has 17 heavy (non-hydrogen) atoms. The van der Waals surface area contributed by atoms with Crippen LogP contribution in [0.1, 0.15) is 18.1 Å². The van der Waals surface area contributed by atoms with Gasteiger partial charge in [-0.1, -0.05) is 48.5 Å². The van der Waals surface area contributed by atoms with E-state index >= 15 is 0 Å². The Morgan fingerprint density at radius 2 is 1.65 bits per heavy atom. The van der Waals surface area contributed by atoms with Crippen LogP contribution < -0.4 is 4.74 Å². The van der Waals surface area contributed by atoms with Gasteiger partial charge in [-0.2, -0.15) is 0 Å². The Morgan fingerprint density at radius 1 is 0.941 bits per heavy atom. The van der Waals surface area contributed by atoms with Gasteiger partial charge in [-0.3, -0.25) is 0 Å². The molecule has 0 spiro atoms. The minimum absolute atomic E-state index is 0.351. The Labute approximate surface area is 101 Å². The normalized spacial score (nSPS) is 21.7. The van der Waals surface area contributed by atoms with E-state index in [4.69, 9.17) is 4.74 Å². The minimum Gasteiger partial charge on any atom is -0.446 e. The molecular weight excluding hydrogens is 210 g/mol. The first-order chi connectivity index (χ1) is 8.31. The van der Waals surface area contributed by atoms with Crippen molar-refractivity contribution >= 4 is 6.40 Å². The van der Waals surface area contributed by atoms with Crippen molar-refractivity contribution in [2.24, 2.45) is 4.99 Å². The van der Waals surface area contributed by atoms with Crippen molar-refractivity contribution in [3.05, 3.63) is 65.7 Å². The molecule has 1 heterocycles. The van der Waals surface area contributed by atoms with E-state index in [9.17, 15) is 0 Å². The Bertz CT molecular complexity index is 562. The van der Waals surface area contributed by atoms with Gasteiger partial charge in [0.1, 0.15) is 11.3 Å². The average Bonchev–Trinajstić information content (AvgIpc) is 2.40. The van der Waals surface area contributed by atoms with E-state index in [1.54, 1.807) is 0 Å². The Morgan fingerprint density at radius 3 is 2.47 bits per heavy atom. The van der Waals surface area contributed by atoms with Gasteiger partial charge in [0.05, 0.1) is 0 Å². The van der Waals surface area contributed by atoms with Crippen molar-refractivity contribution in [3.8, 4) is 5.75 Å². The molecule has 0 saturated heterocycles. The van der Waals surface area contributed by atoms with E-state index in [0.717, 1.165) is 11.3 Å². The molecule has 2 nitrogen and oxygen atoms in total. The number of para-hydroxylation sites is 1. The minimum atomic E-state index is -0.351. The largest absolute Gasteiger partial charge is 0.446 e. The van der Waals surface area contributed by atoms with Crippen molar-refractivity contribution < 1.29 is 4.74 Å². The molecule has 2 aromatic rings. The zero-order valence-electron chi connectivity index (χ0n) is 9.63. The third kappa shape index (κ3) is 1.53. The molecule has 0 N–H and O–H groups in total. The van der Waals surface area contributed by atoms with Gasteiger partial charge in [-0.25, -0.2) is 4.99 Å². The van der Waals surface area contributed by atoms with E-state index in [2.05, 4.69) is 30.1 Å². The molecule has 1 aliphatic heterocycles. The molecule has 0 fully saturated rings. The summed E-state index contributed by atoms with van der Waals surface area (Å²) in [5.74, 6) is 0.883. The summed E-state index contributed by atoms with van der Waals surface area (Å²) in [6.45, 7) is 2.11. The van der Waals surface area contributed by atoms with E-state index in [1.165, 1.54) is 12.0 Å². The Kier molecular flexibility index (Phi) is 2.22. The number of benzene rings is 2. The topological polar surface area (TPSA) is 21.6 Å². The molecule has 2 aromatic carbocycles. The highest BCUT2D eigenvalue weighted by Crippen LogP contribution is 2.40. The van der Waals surface area contributed by atoms with Gasteiger partial charge in [-0.15, -0.1) is 0 Å². The third-order valence-corrected chi connectivity index (χ3v) is 3.24. The maximum atomic E-state index is 5.45. The molecule has 84 valence electrons. The smallest absolute Gasteiger partial charge is 0.177 e. The monoisotopic (exact) mass is 223 g/mol. The fourth-order valence-corrected chi connectivity index (χ4v) is 2.22. The van der Waals surface area contributed by atoms with Gasteiger partial charge < -0.3 is 4.74 Å². The van der Waals surface area contributed by atoms with Crippen molar-refractivity contribution in [3.63, 3.8) is 0 Å². The molecular formula is C15H13NO. The molecule has 1 atom stereocenters. The SMILES string of the molecule is CC1(c2ccccc2)N=COc2ccccc21. The summed E-state index contributed by atoms with van der Waals surface area (Å²) in [6.07, 6.45) is 1.54. The number of hydrogen-bond donors (Lipinski definition) is 0. The molecule has 0 bridgehead atoms. The summed E-state index contributed by atoms with van der Waals surface area (Å²) in [7, 11) is 0. The summed E-state index contributed by atoms with van der Waals surface area (Å²) in [5.41, 5.74) is 1.93. The summed E-state index contributed by atoms with van der Waals surface area (Å²) < 4.78 is 5.45. The van der Waals surface area contributed by atoms with Crippen LogP contribution in [0, 0.1) is 0 Å². The predicted octanol–water partition coefficient (Wildman–Crippen LogP) is 3.37. The summed E-state index contributed by atoms with van der Waals surface area (Å²) in [4.78, 5) is 4.53. The molecule has 0 radical (unpaired) electrons. The number of hydrogen-bond acceptors (Lipinski definition) is 2. The number of aliphatic imine (C=N–C) groups is 1. The first-order valence-corrected chi connectivity index (χ1v) is 5.66. The van der Waals surface area contributed by atoms with Gasteiger partial charge in [0.15, 0.2) is 6.40 Å². The Balaban J connectivity index is 2.20. The van der Waals surface area contributed by atoms with Crippen molar-refractivity contribution in [1.29, 1.82) is 0 Å². The lowest BCUT2D eigenvalue weighted by Crippen LogP contribution is -2.25. The summed E-state index contributed by atoms with van der Waals surface area (Å²) in [5, 5.41) is 0. The highest BCUT2D eigenvalue weighted by atomic mass is 16.5. The molecule has 0 aromatic heterocycles. The highest BCUT2D eigenvalue weighted by Gasteiger charge is 2.32. The van der Waals surface area contributed by atoms with Crippen LogP contribution in [-0.4, -0.2) is 6.40 Å². The number of nitrogens with zero attached hydrogens (tertiary/aromatic N) is 1. The van der Waals surface area contributed by atoms with Crippen molar-refractivity contribution in [2.45, 2.75) is 12.5 Å². The van der Waals surface area contributed by atoms with Gasteiger partial charge in [0.2, 0.25) is 0 Å². The lowest BCUT2D eigenvalue weighted by Gasteiger charge is -2.30. The van der Waals surface area contributed by atoms with Crippen LogP contribution >= 0.6 is 0 Å². The maximum Gasteiger partial charge on any atom is 0.177 e. The second kappa shape index (κ2) is 3.74. The van der Waals surface area contributed by atoms with E-state index in [-0.39, 0.29) is 5.54 Å². The number of fused-ring (bicyclic) bond motifs is 1. The van der Waals surface area contributed by atoms with E-state index in [1.807, 2.05) is 36.4 Å². The summed E-state index contributed by atoms with van der Waals surface area (Å²) >= 11 is 0. The van der Waals surface area contributed by atoms with Gasteiger partial charge in [0.25, 0.3) is 0 Å². The van der Waals surface area contributed by atoms with Crippen molar-refractivity contribution in [1.82, 2.24) is 0 Å². The molecule has 3 rings (SSSR count). The van der Waals surface area contributed by atoms with Crippen LogP contribution in [0.3, 0.4) is 0 Å². The van der Waals surface area contributed by atoms with Crippen LogP contribution in [0.2, 0.25) is 0 Å². The third-order valence-electron chi connectivity index (χ3n) is 3.24. The number of rotatable bonds is 1. The molecule has 0 saturated carbocycles. The Hall–Kier alpha value is -2.09. The average molecular weight is 223 g/mol. The van der Waals surface area contributed by atoms with Gasteiger partial charge >= 0.3 is 0 Å². The number of ether oxygens (including phenoxy) is 1. The zero-order chi connectivity index (χ0) is 11.7. The molecule has 1 unspecified atom stereocenters. The second-order valence-corrected chi connectivity index (χ2v) is 4.29. The van der Waals surface area contributed by atoms with Gasteiger partial charge in [0, 0.05) is 5.56 Å². The van der Waals surface area contributed by atoms with Crippen LogP contribution in [0.25, 0.3) is 0 Å². The van der Waals surface area contributed by atoms with E-state index < -0.39 is 0 Å². The molecule has 2 heteroatoms. The van der Waals surface area contributed by atoms with Crippen LogP contribution in [-0.2, 0) is 5.54 Å².